The van der Waals surface area contributed by atoms with Crippen LogP contribution in [-0.2, 0) is 0 Å². The number of likely N-dealkylation sites (N-methyl/N-ethyl adjacent to an activating group) is 1. The van der Waals surface area contributed by atoms with Gasteiger partial charge in [-0.3, -0.25) is 15.0 Å². The number of nitrogens with zero attached hydrogens (tertiary/aromatic N) is 3. The number of rotatable bonds is 3. The second-order valence-corrected chi connectivity index (χ2v) is 5.23. The van der Waals surface area contributed by atoms with Crippen LogP contribution in [0, 0.1) is 10.1 Å². The molecule has 2 aromatic rings. The number of hydrogen-bond donors (Lipinski definition) is 0. The Labute approximate surface area is 123 Å². The number of non-ortho nitro benzene ring substituents is 1. The maximum absolute atomic E-state index is 10.8. The van der Waals surface area contributed by atoms with E-state index in [1.165, 1.54) is 5.56 Å². The first-order valence-electron chi connectivity index (χ1n) is 6.93. The number of anilines is 1. The van der Waals surface area contributed by atoms with E-state index < -0.39 is 0 Å². The standard InChI is InChI=1S/C16H17N3O2/c1-17-11-12-18(16(17)13-5-3-2-4-6-13)14-7-9-15(10-8-14)19(20)21/h2-10,16H,11-12H2,1H3. The van der Waals surface area contributed by atoms with Crippen molar-refractivity contribution < 1.29 is 4.92 Å². The second kappa shape index (κ2) is 5.54. The van der Waals surface area contributed by atoms with E-state index in [0.717, 1.165) is 18.8 Å². The zero-order valence-corrected chi connectivity index (χ0v) is 11.8. The number of nitro benzene ring substituents is 1. The summed E-state index contributed by atoms with van der Waals surface area (Å²) >= 11 is 0. The van der Waals surface area contributed by atoms with E-state index in [-0.39, 0.29) is 16.8 Å². The number of hydrogen-bond acceptors (Lipinski definition) is 4. The maximum atomic E-state index is 10.8. The average molecular weight is 283 g/mol. The highest BCUT2D eigenvalue weighted by Gasteiger charge is 2.30. The third-order valence-electron chi connectivity index (χ3n) is 3.90. The van der Waals surface area contributed by atoms with E-state index >= 15 is 0 Å². The van der Waals surface area contributed by atoms with E-state index in [1.807, 2.05) is 30.3 Å². The molecular formula is C16H17N3O2. The van der Waals surface area contributed by atoms with E-state index in [9.17, 15) is 10.1 Å². The Morgan fingerprint density at radius 3 is 2.33 bits per heavy atom. The predicted molar refractivity (Wildman–Crippen MR) is 82.3 cm³/mol. The number of benzene rings is 2. The molecule has 108 valence electrons. The van der Waals surface area contributed by atoms with Gasteiger partial charge in [-0.1, -0.05) is 30.3 Å². The average Bonchev–Trinajstić information content (AvgIpc) is 2.90. The minimum Gasteiger partial charge on any atom is -0.350 e. The second-order valence-electron chi connectivity index (χ2n) is 5.23. The summed E-state index contributed by atoms with van der Waals surface area (Å²) in [6.07, 6.45) is 0.174. The summed E-state index contributed by atoms with van der Waals surface area (Å²) in [7, 11) is 2.10. The van der Waals surface area contributed by atoms with E-state index in [2.05, 4.69) is 29.0 Å². The Hall–Kier alpha value is -2.40. The van der Waals surface area contributed by atoms with Crippen LogP contribution in [0.5, 0.6) is 0 Å². The van der Waals surface area contributed by atoms with Gasteiger partial charge in [-0.15, -0.1) is 0 Å². The van der Waals surface area contributed by atoms with Crippen molar-refractivity contribution in [2.45, 2.75) is 6.17 Å². The summed E-state index contributed by atoms with van der Waals surface area (Å²) in [5, 5.41) is 10.8. The van der Waals surface area contributed by atoms with Crippen LogP contribution in [0.1, 0.15) is 11.7 Å². The summed E-state index contributed by atoms with van der Waals surface area (Å²) in [5.41, 5.74) is 2.37. The Kier molecular flexibility index (Phi) is 3.58. The summed E-state index contributed by atoms with van der Waals surface area (Å²) in [4.78, 5) is 15.0. The fourth-order valence-corrected chi connectivity index (χ4v) is 2.84. The zero-order valence-electron chi connectivity index (χ0n) is 11.8. The van der Waals surface area contributed by atoms with Crippen LogP contribution in [0.2, 0.25) is 0 Å². The Bertz CT molecular complexity index is 628. The first kappa shape index (κ1) is 13.6. The smallest absolute Gasteiger partial charge is 0.269 e. The summed E-state index contributed by atoms with van der Waals surface area (Å²) < 4.78 is 0. The highest BCUT2D eigenvalue weighted by molar-refractivity contribution is 5.53. The molecule has 1 aliphatic heterocycles. The minimum atomic E-state index is -0.367. The third-order valence-corrected chi connectivity index (χ3v) is 3.90. The molecule has 21 heavy (non-hydrogen) atoms. The highest BCUT2D eigenvalue weighted by Crippen LogP contribution is 2.33. The molecule has 0 radical (unpaired) electrons. The molecule has 0 aromatic heterocycles. The van der Waals surface area contributed by atoms with Crippen molar-refractivity contribution in [2.75, 3.05) is 25.0 Å². The summed E-state index contributed by atoms with van der Waals surface area (Å²) in [5.74, 6) is 0. The molecule has 0 amide bonds. The van der Waals surface area contributed by atoms with Crippen LogP contribution in [-0.4, -0.2) is 30.0 Å². The van der Waals surface area contributed by atoms with Crippen molar-refractivity contribution in [2.24, 2.45) is 0 Å². The monoisotopic (exact) mass is 283 g/mol. The lowest BCUT2D eigenvalue weighted by atomic mass is 10.1. The Morgan fingerprint density at radius 2 is 1.71 bits per heavy atom. The topological polar surface area (TPSA) is 49.6 Å². The molecule has 0 bridgehead atoms. The molecule has 5 heteroatoms. The molecule has 1 heterocycles. The maximum Gasteiger partial charge on any atom is 0.269 e. The third kappa shape index (κ3) is 2.60. The van der Waals surface area contributed by atoms with Crippen LogP contribution in [0.3, 0.4) is 0 Å². The van der Waals surface area contributed by atoms with Gasteiger partial charge in [0.1, 0.15) is 6.17 Å². The first-order valence-corrected chi connectivity index (χ1v) is 6.93. The van der Waals surface area contributed by atoms with E-state index in [0.29, 0.717) is 0 Å². The molecule has 0 N–H and O–H groups in total. The molecule has 0 saturated carbocycles. The van der Waals surface area contributed by atoms with Crippen molar-refractivity contribution in [3.05, 3.63) is 70.3 Å². The van der Waals surface area contributed by atoms with E-state index in [1.54, 1.807) is 12.1 Å². The fourth-order valence-electron chi connectivity index (χ4n) is 2.84. The molecular weight excluding hydrogens is 266 g/mol. The van der Waals surface area contributed by atoms with Gasteiger partial charge in [0.25, 0.3) is 5.69 Å². The SMILES string of the molecule is CN1CCN(c2ccc([N+](=O)[O-])cc2)C1c1ccccc1. The quantitative estimate of drug-likeness (QED) is 0.641. The highest BCUT2D eigenvalue weighted by atomic mass is 16.6. The fraction of sp³-hybridized carbons (Fsp3) is 0.250. The van der Waals surface area contributed by atoms with Gasteiger partial charge in [0.2, 0.25) is 0 Å². The van der Waals surface area contributed by atoms with Crippen molar-refractivity contribution in [1.29, 1.82) is 0 Å². The summed E-state index contributed by atoms with van der Waals surface area (Å²) in [6, 6.07) is 17.1. The van der Waals surface area contributed by atoms with Crippen molar-refractivity contribution in [3.63, 3.8) is 0 Å². The van der Waals surface area contributed by atoms with Crippen LogP contribution in [0.25, 0.3) is 0 Å². The lowest BCUT2D eigenvalue weighted by Gasteiger charge is -2.30. The summed E-state index contributed by atoms with van der Waals surface area (Å²) in [6.45, 7) is 1.88. The van der Waals surface area contributed by atoms with Crippen LogP contribution >= 0.6 is 0 Å². The van der Waals surface area contributed by atoms with Crippen LogP contribution in [0.15, 0.2) is 54.6 Å². The Morgan fingerprint density at radius 1 is 1.05 bits per heavy atom. The first-order chi connectivity index (χ1) is 10.2. The van der Waals surface area contributed by atoms with Gasteiger partial charge in [-0.2, -0.15) is 0 Å². The molecule has 0 spiro atoms. The normalized spacial score (nSPS) is 18.9. The minimum absolute atomic E-state index is 0.127. The van der Waals surface area contributed by atoms with Gasteiger partial charge >= 0.3 is 0 Å². The largest absolute Gasteiger partial charge is 0.350 e. The molecule has 1 unspecified atom stereocenters. The lowest BCUT2D eigenvalue weighted by Crippen LogP contribution is -2.28. The van der Waals surface area contributed by atoms with E-state index in [4.69, 9.17) is 0 Å². The molecule has 3 rings (SSSR count). The van der Waals surface area contributed by atoms with Gasteiger partial charge in [-0.25, -0.2) is 0 Å². The van der Waals surface area contributed by atoms with Crippen molar-refractivity contribution >= 4 is 11.4 Å². The number of nitro groups is 1. The molecule has 1 atom stereocenters. The molecule has 1 fully saturated rings. The van der Waals surface area contributed by atoms with Gasteiger partial charge in [0.15, 0.2) is 0 Å². The molecule has 0 aliphatic carbocycles. The molecule has 1 aliphatic rings. The molecule has 2 aromatic carbocycles. The van der Waals surface area contributed by atoms with Gasteiger partial charge in [0, 0.05) is 30.9 Å². The Balaban J connectivity index is 1.91. The molecule has 1 saturated heterocycles. The van der Waals surface area contributed by atoms with Gasteiger partial charge < -0.3 is 4.90 Å². The van der Waals surface area contributed by atoms with Crippen molar-refractivity contribution in [1.82, 2.24) is 4.90 Å². The van der Waals surface area contributed by atoms with Gasteiger partial charge in [0.05, 0.1) is 4.92 Å². The van der Waals surface area contributed by atoms with Crippen molar-refractivity contribution in [3.8, 4) is 0 Å². The lowest BCUT2D eigenvalue weighted by molar-refractivity contribution is -0.384. The van der Waals surface area contributed by atoms with Gasteiger partial charge in [-0.05, 0) is 24.7 Å². The molecule has 5 nitrogen and oxygen atoms in total. The zero-order chi connectivity index (χ0) is 14.8. The van der Waals surface area contributed by atoms with Crippen LogP contribution in [0.4, 0.5) is 11.4 Å². The predicted octanol–water partition coefficient (Wildman–Crippen LogP) is 3.05. The van der Waals surface area contributed by atoms with Crippen LogP contribution < -0.4 is 4.90 Å².